The van der Waals surface area contributed by atoms with Gasteiger partial charge in [-0.2, -0.15) is 35.1 Å². The van der Waals surface area contributed by atoms with Gasteiger partial charge in [0.1, 0.15) is 11.3 Å². The standard InChI is InChI=1S/C9H3F8IO/c10-7(11)19-4-2-1-3(8(12,13)14)6(18)5(4)9(15,16)17/h1-2,7H. The molecule has 0 aliphatic rings. The first-order chi connectivity index (χ1) is 8.44. The first-order valence-electron chi connectivity index (χ1n) is 4.36. The van der Waals surface area contributed by atoms with Crippen LogP contribution in [0, 0.1) is 3.57 Å². The molecule has 0 amide bonds. The van der Waals surface area contributed by atoms with Crippen LogP contribution in [-0.2, 0) is 12.4 Å². The van der Waals surface area contributed by atoms with Crippen molar-refractivity contribution in [3.8, 4) is 5.75 Å². The summed E-state index contributed by atoms with van der Waals surface area (Å²) in [5.41, 5.74) is -3.44. The van der Waals surface area contributed by atoms with E-state index in [4.69, 9.17) is 0 Å². The smallest absolute Gasteiger partial charge is 0.421 e. The molecule has 0 bridgehead atoms. The van der Waals surface area contributed by atoms with Gasteiger partial charge in [0.25, 0.3) is 0 Å². The van der Waals surface area contributed by atoms with E-state index in [9.17, 15) is 35.1 Å². The normalized spacial score (nSPS) is 12.9. The summed E-state index contributed by atoms with van der Waals surface area (Å²) in [6.07, 6.45) is -10.3. The molecule has 108 valence electrons. The minimum Gasteiger partial charge on any atom is -0.434 e. The highest BCUT2D eigenvalue weighted by Crippen LogP contribution is 2.44. The van der Waals surface area contributed by atoms with E-state index >= 15 is 0 Å². The molecule has 0 saturated carbocycles. The third-order valence-electron chi connectivity index (χ3n) is 1.91. The topological polar surface area (TPSA) is 9.23 Å². The third-order valence-corrected chi connectivity index (χ3v) is 3.03. The van der Waals surface area contributed by atoms with Gasteiger partial charge < -0.3 is 4.74 Å². The molecule has 1 rings (SSSR count). The minimum atomic E-state index is -5.25. The summed E-state index contributed by atoms with van der Waals surface area (Å²) in [4.78, 5) is 0. The fraction of sp³-hybridized carbons (Fsp3) is 0.333. The van der Waals surface area contributed by atoms with Crippen LogP contribution in [0.2, 0.25) is 0 Å². The lowest BCUT2D eigenvalue weighted by atomic mass is 10.1. The molecule has 1 aromatic rings. The van der Waals surface area contributed by atoms with Crippen LogP contribution in [0.5, 0.6) is 5.75 Å². The van der Waals surface area contributed by atoms with Crippen LogP contribution >= 0.6 is 22.6 Å². The number of alkyl halides is 8. The molecule has 0 atom stereocenters. The maximum Gasteiger partial charge on any atom is 0.421 e. The molecule has 0 N–H and O–H groups in total. The van der Waals surface area contributed by atoms with Crippen LogP contribution in [0.3, 0.4) is 0 Å². The van der Waals surface area contributed by atoms with Gasteiger partial charge in [-0.15, -0.1) is 0 Å². The number of rotatable bonds is 2. The summed E-state index contributed by atoms with van der Waals surface area (Å²) in [5.74, 6) is -1.35. The monoisotopic (exact) mass is 406 g/mol. The second-order valence-corrected chi connectivity index (χ2v) is 4.25. The molecule has 0 fully saturated rings. The molecule has 0 aliphatic heterocycles. The minimum absolute atomic E-state index is 0.222. The van der Waals surface area contributed by atoms with Gasteiger partial charge in [-0.1, -0.05) is 0 Å². The Bertz CT molecular complexity index is 465. The van der Waals surface area contributed by atoms with Crippen molar-refractivity contribution in [1.29, 1.82) is 0 Å². The fourth-order valence-corrected chi connectivity index (χ4v) is 2.29. The lowest BCUT2D eigenvalue weighted by molar-refractivity contribution is -0.147. The number of benzene rings is 1. The molecule has 1 nitrogen and oxygen atoms in total. The zero-order valence-corrected chi connectivity index (χ0v) is 10.7. The van der Waals surface area contributed by atoms with Crippen molar-refractivity contribution in [2.75, 3.05) is 0 Å². The van der Waals surface area contributed by atoms with E-state index in [1.54, 1.807) is 0 Å². The third kappa shape index (κ3) is 3.83. The van der Waals surface area contributed by atoms with Crippen LogP contribution in [0.1, 0.15) is 11.1 Å². The lowest BCUT2D eigenvalue weighted by Crippen LogP contribution is -2.17. The van der Waals surface area contributed by atoms with Crippen LogP contribution in [-0.4, -0.2) is 6.61 Å². The Hall–Kier alpha value is -0.810. The highest BCUT2D eigenvalue weighted by Gasteiger charge is 2.43. The van der Waals surface area contributed by atoms with Gasteiger partial charge in [-0.25, -0.2) is 0 Å². The molecule has 0 spiro atoms. The first-order valence-corrected chi connectivity index (χ1v) is 5.44. The molecule has 1 aromatic carbocycles. The SMILES string of the molecule is FC(F)Oc1ccc(C(F)(F)F)c(I)c1C(F)(F)F. The average molecular weight is 406 g/mol. The van der Waals surface area contributed by atoms with E-state index in [1.165, 1.54) is 0 Å². The number of hydrogen-bond acceptors (Lipinski definition) is 1. The highest BCUT2D eigenvalue weighted by atomic mass is 127. The average Bonchev–Trinajstić information content (AvgIpc) is 2.11. The van der Waals surface area contributed by atoms with E-state index in [0.717, 1.165) is 22.6 Å². The van der Waals surface area contributed by atoms with E-state index < -0.39 is 39.4 Å². The molecule has 0 heterocycles. The Balaban J connectivity index is 3.50. The second-order valence-electron chi connectivity index (χ2n) is 3.17. The summed E-state index contributed by atoms with van der Waals surface area (Å²) in [5, 5.41) is 0. The van der Waals surface area contributed by atoms with Gasteiger partial charge in [-0.05, 0) is 34.7 Å². The van der Waals surface area contributed by atoms with Gasteiger partial charge in [0.15, 0.2) is 0 Å². The summed E-state index contributed by atoms with van der Waals surface area (Å²) in [6, 6.07) is 0.481. The van der Waals surface area contributed by atoms with Crippen LogP contribution < -0.4 is 4.74 Å². The van der Waals surface area contributed by atoms with Crippen molar-refractivity contribution < 1.29 is 39.9 Å². The van der Waals surface area contributed by atoms with Crippen molar-refractivity contribution in [3.63, 3.8) is 0 Å². The van der Waals surface area contributed by atoms with Gasteiger partial charge in [0, 0.05) is 3.57 Å². The van der Waals surface area contributed by atoms with Gasteiger partial charge >= 0.3 is 19.0 Å². The molecule has 0 radical (unpaired) electrons. The summed E-state index contributed by atoms with van der Waals surface area (Å²) in [7, 11) is 0. The lowest BCUT2D eigenvalue weighted by Gasteiger charge is -2.18. The molecule has 0 saturated heterocycles. The van der Waals surface area contributed by atoms with E-state index in [1.807, 2.05) is 0 Å². The van der Waals surface area contributed by atoms with E-state index in [-0.39, 0.29) is 12.1 Å². The summed E-state index contributed by atoms with van der Waals surface area (Å²) >= 11 is 0.799. The second kappa shape index (κ2) is 5.29. The molecule has 0 unspecified atom stereocenters. The highest BCUT2D eigenvalue weighted by molar-refractivity contribution is 14.1. The Morgan fingerprint density at radius 1 is 0.947 bits per heavy atom. The van der Waals surface area contributed by atoms with Gasteiger partial charge in [-0.3, -0.25) is 0 Å². The zero-order valence-electron chi connectivity index (χ0n) is 8.54. The van der Waals surface area contributed by atoms with Crippen LogP contribution in [0.4, 0.5) is 35.1 Å². The molecular weight excluding hydrogens is 403 g/mol. The number of hydrogen-bond donors (Lipinski definition) is 0. The summed E-state index contributed by atoms with van der Waals surface area (Å²) < 4.78 is 101. The largest absolute Gasteiger partial charge is 0.434 e. The van der Waals surface area contributed by atoms with Crippen molar-refractivity contribution in [3.05, 3.63) is 26.8 Å². The van der Waals surface area contributed by atoms with Crippen molar-refractivity contribution in [2.24, 2.45) is 0 Å². The Morgan fingerprint density at radius 3 is 1.84 bits per heavy atom. The molecule has 19 heavy (non-hydrogen) atoms. The summed E-state index contributed by atoms with van der Waals surface area (Å²) in [6.45, 7) is -3.58. The Kier molecular flexibility index (Phi) is 4.52. The van der Waals surface area contributed by atoms with Crippen molar-refractivity contribution in [2.45, 2.75) is 19.0 Å². The molecule has 0 aromatic heterocycles. The van der Waals surface area contributed by atoms with Gasteiger partial charge in [0.05, 0.1) is 5.56 Å². The Morgan fingerprint density at radius 2 is 1.47 bits per heavy atom. The van der Waals surface area contributed by atoms with E-state index in [0.29, 0.717) is 0 Å². The number of halogens is 9. The molecular formula is C9H3F8IO. The van der Waals surface area contributed by atoms with E-state index in [2.05, 4.69) is 4.74 Å². The predicted octanol–water partition coefficient (Wildman–Crippen LogP) is 4.93. The zero-order chi connectivity index (χ0) is 15.0. The molecule has 10 heteroatoms. The van der Waals surface area contributed by atoms with Crippen molar-refractivity contribution >= 4 is 22.6 Å². The first kappa shape index (κ1) is 16.2. The number of ether oxygens (including phenoxy) is 1. The van der Waals surface area contributed by atoms with Crippen LogP contribution in [0.15, 0.2) is 12.1 Å². The van der Waals surface area contributed by atoms with Crippen LogP contribution in [0.25, 0.3) is 0 Å². The quantitative estimate of drug-likeness (QED) is 0.500. The maximum atomic E-state index is 12.6. The van der Waals surface area contributed by atoms with Crippen molar-refractivity contribution in [1.82, 2.24) is 0 Å². The Labute approximate surface area is 114 Å². The molecule has 0 aliphatic carbocycles. The van der Waals surface area contributed by atoms with Gasteiger partial charge in [0.2, 0.25) is 0 Å². The predicted molar refractivity (Wildman–Crippen MR) is 55.8 cm³/mol. The fourth-order valence-electron chi connectivity index (χ4n) is 1.24. The maximum absolute atomic E-state index is 12.6.